The van der Waals surface area contributed by atoms with Gasteiger partial charge in [0.05, 0.1) is 12.7 Å². The van der Waals surface area contributed by atoms with E-state index in [0.717, 1.165) is 13.0 Å². The summed E-state index contributed by atoms with van der Waals surface area (Å²) in [5, 5.41) is 0. The molecule has 1 aromatic carbocycles. The topological polar surface area (TPSA) is 9.23 Å². The molecule has 12 heavy (non-hydrogen) atoms. The Kier molecular flexibility index (Phi) is 3.81. The lowest BCUT2D eigenvalue weighted by atomic mass is 10.2. The molecule has 1 atom stereocenters. The van der Waals surface area contributed by atoms with Crippen LogP contribution in [0.4, 0.5) is 0 Å². The minimum absolute atomic E-state index is 0.366. The molecule has 0 aromatic heterocycles. The summed E-state index contributed by atoms with van der Waals surface area (Å²) in [5.41, 5.74) is 1.25. The van der Waals surface area contributed by atoms with Gasteiger partial charge in [-0.15, -0.1) is 0 Å². The molecular formula is C11H16O. The molecule has 1 aromatic rings. The standard InChI is InChI=1S/C11H16O/c1-3-10(2)12-9-11-7-5-4-6-8-11/h4-8,10H,3,9H2,1-2H3/t10-/m0/s1. The average molecular weight is 164 g/mol. The molecule has 0 heterocycles. The summed E-state index contributed by atoms with van der Waals surface area (Å²) in [7, 11) is 0. The highest BCUT2D eigenvalue weighted by molar-refractivity contribution is 5.13. The molecule has 0 radical (unpaired) electrons. The Morgan fingerprint density at radius 2 is 1.92 bits per heavy atom. The molecule has 66 valence electrons. The van der Waals surface area contributed by atoms with E-state index in [-0.39, 0.29) is 0 Å². The Morgan fingerprint density at radius 3 is 2.50 bits per heavy atom. The predicted octanol–water partition coefficient (Wildman–Crippen LogP) is 3.00. The third-order valence-electron chi connectivity index (χ3n) is 1.95. The van der Waals surface area contributed by atoms with E-state index >= 15 is 0 Å². The Labute approximate surface area is 74.4 Å². The number of hydrogen-bond acceptors (Lipinski definition) is 1. The summed E-state index contributed by atoms with van der Waals surface area (Å²) in [6.45, 7) is 4.97. The fourth-order valence-electron chi connectivity index (χ4n) is 0.931. The first-order valence-corrected chi connectivity index (χ1v) is 4.48. The monoisotopic (exact) mass is 164 g/mol. The second-order valence-corrected chi connectivity index (χ2v) is 3.02. The van der Waals surface area contributed by atoms with Gasteiger partial charge in [0.25, 0.3) is 0 Å². The highest BCUT2D eigenvalue weighted by atomic mass is 16.5. The molecule has 0 aliphatic carbocycles. The van der Waals surface area contributed by atoms with Crippen molar-refractivity contribution < 1.29 is 4.74 Å². The van der Waals surface area contributed by atoms with Gasteiger partial charge >= 0.3 is 0 Å². The van der Waals surface area contributed by atoms with Crippen LogP contribution in [0.3, 0.4) is 0 Å². The molecule has 1 heteroatoms. The molecule has 0 unspecified atom stereocenters. The van der Waals surface area contributed by atoms with Crippen LogP contribution in [0.15, 0.2) is 30.3 Å². The van der Waals surface area contributed by atoms with Crippen molar-refractivity contribution in [2.75, 3.05) is 0 Å². The van der Waals surface area contributed by atoms with Crippen molar-refractivity contribution >= 4 is 0 Å². The molecule has 1 rings (SSSR count). The maximum atomic E-state index is 5.58. The minimum atomic E-state index is 0.366. The number of ether oxygens (including phenoxy) is 1. The van der Waals surface area contributed by atoms with E-state index < -0.39 is 0 Å². The highest BCUT2D eigenvalue weighted by Crippen LogP contribution is 2.04. The van der Waals surface area contributed by atoms with Gasteiger partial charge in [-0.1, -0.05) is 37.3 Å². The molecule has 0 aliphatic rings. The van der Waals surface area contributed by atoms with Gasteiger partial charge < -0.3 is 4.74 Å². The van der Waals surface area contributed by atoms with Gasteiger partial charge in [-0.25, -0.2) is 0 Å². The quantitative estimate of drug-likeness (QED) is 0.664. The van der Waals surface area contributed by atoms with E-state index in [9.17, 15) is 0 Å². The van der Waals surface area contributed by atoms with Crippen LogP contribution in [0, 0.1) is 0 Å². The fourth-order valence-corrected chi connectivity index (χ4v) is 0.931. The van der Waals surface area contributed by atoms with Crippen molar-refractivity contribution in [1.29, 1.82) is 0 Å². The minimum Gasteiger partial charge on any atom is -0.374 e. The van der Waals surface area contributed by atoms with Gasteiger partial charge in [-0.2, -0.15) is 0 Å². The van der Waals surface area contributed by atoms with Crippen LogP contribution in [0.2, 0.25) is 0 Å². The van der Waals surface area contributed by atoms with Crippen LogP contribution in [0.5, 0.6) is 0 Å². The van der Waals surface area contributed by atoms with Gasteiger partial charge in [0, 0.05) is 0 Å². The SMILES string of the molecule is CC[C@H](C)OCc1ccccc1. The summed E-state index contributed by atoms with van der Waals surface area (Å²) in [5.74, 6) is 0. The largest absolute Gasteiger partial charge is 0.374 e. The van der Waals surface area contributed by atoms with Crippen molar-refractivity contribution in [3.63, 3.8) is 0 Å². The van der Waals surface area contributed by atoms with Crippen LogP contribution in [0.1, 0.15) is 25.8 Å². The van der Waals surface area contributed by atoms with E-state index in [0.29, 0.717) is 6.10 Å². The lowest BCUT2D eigenvalue weighted by molar-refractivity contribution is 0.0508. The van der Waals surface area contributed by atoms with Gasteiger partial charge in [0.15, 0.2) is 0 Å². The van der Waals surface area contributed by atoms with Crippen LogP contribution in [-0.2, 0) is 11.3 Å². The number of benzene rings is 1. The molecule has 0 aliphatic heterocycles. The van der Waals surface area contributed by atoms with Crippen LogP contribution in [-0.4, -0.2) is 6.10 Å². The summed E-state index contributed by atoms with van der Waals surface area (Å²) in [4.78, 5) is 0. The zero-order valence-corrected chi connectivity index (χ0v) is 7.79. The Bertz CT molecular complexity index is 206. The lowest BCUT2D eigenvalue weighted by Gasteiger charge is -2.09. The first-order chi connectivity index (χ1) is 5.83. The molecule has 0 saturated carbocycles. The van der Waals surface area contributed by atoms with Crippen LogP contribution in [0.25, 0.3) is 0 Å². The maximum Gasteiger partial charge on any atom is 0.0720 e. The number of hydrogen-bond donors (Lipinski definition) is 0. The summed E-state index contributed by atoms with van der Waals surface area (Å²) in [6.07, 6.45) is 1.44. The van der Waals surface area contributed by atoms with E-state index in [1.807, 2.05) is 18.2 Å². The summed E-state index contributed by atoms with van der Waals surface area (Å²) in [6, 6.07) is 10.3. The van der Waals surface area contributed by atoms with Crippen molar-refractivity contribution in [2.45, 2.75) is 33.0 Å². The lowest BCUT2D eigenvalue weighted by Crippen LogP contribution is -2.05. The zero-order valence-electron chi connectivity index (χ0n) is 7.79. The molecule has 0 amide bonds. The van der Waals surface area contributed by atoms with Gasteiger partial charge in [0.1, 0.15) is 0 Å². The van der Waals surface area contributed by atoms with Gasteiger partial charge in [-0.3, -0.25) is 0 Å². The van der Waals surface area contributed by atoms with Crippen LogP contribution >= 0.6 is 0 Å². The van der Waals surface area contributed by atoms with Crippen molar-refractivity contribution in [2.24, 2.45) is 0 Å². The fraction of sp³-hybridized carbons (Fsp3) is 0.455. The van der Waals surface area contributed by atoms with Crippen molar-refractivity contribution in [3.05, 3.63) is 35.9 Å². The molecule has 0 N–H and O–H groups in total. The summed E-state index contributed by atoms with van der Waals surface area (Å²) >= 11 is 0. The Hall–Kier alpha value is -0.820. The van der Waals surface area contributed by atoms with E-state index in [1.165, 1.54) is 5.56 Å². The number of rotatable bonds is 4. The average Bonchev–Trinajstić information content (AvgIpc) is 2.16. The van der Waals surface area contributed by atoms with Gasteiger partial charge in [-0.05, 0) is 18.9 Å². The Morgan fingerprint density at radius 1 is 1.25 bits per heavy atom. The summed E-state index contributed by atoms with van der Waals surface area (Å²) < 4.78 is 5.58. The molecule has 0 saturated heterocycles. The maximum absolute atomic E-state index is 5.58. The van der Waals surface area contributed by atoms with Gasteiger partial charge in [0.2, 0.25) is 0 Å². The highest BCUT2D eigenvalue weighted by Gasteiger charge is 1.97. The van der Waals surface area contributed by atoms with E-state index in [2.05, 4.69) is 26.0 Å². The van der Waals surface area contributed by atoms with Crippen LogP contribution < -0.4 is 0 Å². The predicted molar refractivity (Wildman–Crippen MR) is 51.0 cm³/mol. The van der Waals surface area contributed by atoms with E-state index in [1.54, 1.807) is 0 Å². The smallest absolute Gasteiger partial charge is 0.0720 e. The molecular weight excluding hydrogens is 148 g/mol. The second kappa shape index (κ2) is 4.94. The molecule has 0 bridgehead atoms. The first kappa shape index (κ1) is 9.27. The normalized spacial score (nSPS) is 12.8. The third kappa shape index (κ3) is 3.05. The Balaban J connectivity index is 2.33. The molecule has 1 nitrogen and oxygen atoms in total. The van der Waals surface area contributed by atoms with Crippen molar-refractivity contribution in [1.82, 2.24) is 0 Å². The second-order valence-electron chi connectivity index (χ2n) is 3.02. The molecule has 0 spiro atoms. The third-order valence-corrected chi connectivity index (χ3v) is 1.95. The van der Waals surface area contributed by atoms with Crippen molar-refractivity contribution in [3.8, 4) is 0 Å². The molecule has 0 fully saturated rings. The first-order valence-electron chi connectivity index (χ1n) is 4.48. The zero-order chi connectivity index (χ0) is 8.81. The van der Waals surface area contributed by atoms with E-state index in [4.69, 9.17) is 4.74 Å².